The Balaban J connectivity index is 0.000000855. The zero-order valence-electron chi connectivity index (χ0n) is 16.3. The van der Waals surface area contributed by atoms with Crippen molar-refractivity contribution >= 4 is 29.0 Å². The number of halogens is 1. The molecule has 0 N–H and O–H groups in total. The van der Waals surface area contributed by atoms with E-state index in [2.05, 4.69) is 4.99 Å². The molecule has 1 aliphatic heterocycles. The molecule has 0 saturated heterocycles. The first-order valence-electron chi connectivity index (χ1n) is 8.98. The van der Waals surface area contributed by atoms with Gasteiger partial charge in [0.2, 0.25) is 0 Å². The first-order chi connectivity index (χ1) is 13.0. The van der Waals surface area contributed by atoms with Gasteiger partial charge >= 0.3 is 0 Å². The van der Waals surface area contributed by atoms with Gasteiger partial charge in [-0.2, -0.15) is 0 Å². The number of ether oxygens (including phenoxy) is 1. The number of fused-ring (bicyclic) bond motifs is 1. The molecule has 0 atom stereocenters. The zero-order chi connectivity index (χ0) is 20.4. The van der Waals surface area contributed by atoms with Crippen LogP contribution in [0.15, 0.2) is 52.6 Å². The van der Waals surface area contributed by atoms with Crippen LogP contribution in [0.1, 0.15) is 50.3 Å². The predicted molar refractivity (Wildman–Crippen MR) is 111 cm³/mol. The van der Waals surface area contributed by atoms with Crippen LogP contribution in [-0.4, -0.2) is 11.1 Å². The van der Waals surface area contributed by atoms with E-state index in [0.29, 0.717) is 12.2 Å². The number of rotatable bonds is 3. The average Bonchev–Trinajstić information content (AvgIpc) is 2.81. The maximum Gasteiger partial charge on any atom is 0.268 e. The van der Waals surface area contributed by atoms with E-state index in [1.165, 1.54) is 23.5 Å². The lowest BCUT2D eigenvalue weighted by molar-refractivity contribution is -0.419. The second-order valence-electron chi connectivity index (χ2n) is 4.97. The van der Waals surface area contributed by atoms with E-state index in [9.17, 15) is 14.5 Å². The molecule has 27 heavy (non-hydrogen) atoms. The van der Waals surface area contributed by atoms with Crippen LogP contribution in [0.5, 0.6) is 0 Å². The molecule has 2 heterocycles. The monoisotopic (exact) mass is 392 g/mol. The lowest BCUT2D eigenvalue weighted by atomic mass is 10.3. The Morgan fingerprint density at radius 1 is 1.15 bits per heavy atom. The van der Waals surface area contributed by atoms with Crippen LogP contribution >= 0.6 is 11.3 Å². The van der Waals surface area contributed by atoms with Crippen LogP contribution in [0.25, 0.3) is 5.76 Å². The van der Waals surface area contributed by atoms with Crippen molar-refractivity contribution in [3.05, 3.63) is 67.5 Å². The highest BCUT2D eigenvalue weighted by molar-refractivity contribution is 7.13. The van der Waals surface area contributed by atoms with Crippen LogP contribution < -0.4 is 0 Å². The van der Waals surface area contributed by atoms with Gasteiger partial charge in [0.25, 0.3) is 5.70 Å². The van der Waals surface area contributed by atoms with Gasteiger partial charge in [-0.15, -0.1) is 11.3 Å². The molecule has 2 aliphatic rings. The summed E-state index contributed by atoms with van der Waals surface area (Å²) < 4.78 is 19.9. The summed E-state index contributed by atoms with van der Waals surface area (Å²) in [5.41, 5.74) is 0.516. The fraction of sp³-hybridized carbons (Fsp3) is 0.350. The molecule has 0 saturated carbocycles. The van der Waals surface area contributed by atoms with Gasteiger partial charge in [-0.3, -0.25) is 15.1 Å². The molecule has 3 rings (SSSR count). The highest BCUT2D eigenvalue weighted by Crippen LogP contribution is 2.39. The molecule has 1 aliphatic carbocycles. The molecule has 0 radical (unpaired) electrons. The maximum atomic E-state index is 14.2. The Kier molecular flexibility index (Phi) is 9.36. The molecule has 7 heteroatoms. The molecular formula is C20H25FN2O3S. The fourth-order valence-electron chi connectivity index (χ4n) is 2.24. The van der Waals surface area contributed by atoms with Crippen molar-refractivity contribution in [1.29, 1.82) is 0 Å². The minimum Gasteiger partial charge on any atom is -0.453 e. The van der Waals surface area contributed by atoms with Crippen LogP contribution in [-0.2, 0) is 4.74 Å². The summed E-state index contributed by atoms with van der Waals surface area (Å²) in [7, 11) is 0. The van der Waals surface area contributed by atoms with Gasteiger partial charge in [-0.25, -0.2) is 4.39 Å². The molecule has 5 nitrogen and oxygen atoms in total. The number of nitro groups is 1. The number of aliphatic imine (C=N–C) groups is 1. The van der Waals surface area contributed by atoms with Gasteiger partial charge in [0.05, 0.1) is 21.6 Å². The fourth-order valence-corrected chi connectivity index (χ4v) is 3.18. The number of allylic oxidation sites excluding steroid dienone is 5. The normalized spacial score (nSPS) is 15.0. The molecule has 146 valence electrons. The van der Waals surface area contributed by atoms with Gasteiger partial charge in [0, 0.05) is 17.5 Å². The quantitative estimate of drug-likeness (QED) is 0.416. The van der Waals surface area contributed by atoms with E-state index < -0.39 is 10.8 Å². The van der Waals surface area contributed by atoms with E-state index >= 15 is 0 Å². The first kappa shape index (κ1) is 22.5. The number of hydrogen-bond acceptors (Lipinski definition) is 5. The predicted octanol–water partition coefficient (Wildman–Crippen LogP) is 6.87. The minimum absolute atomic E-state index is 0.0109. The molecule has 0 bridgehead atoms. The van der Waals surface area contributed by atoms with E-state index in [1.54, 1.807) is 6.21 Å². The smallest absolute Gasteiger partial charge is 0.268 e. The molecule has 0 fully saturated rings. The molecule has 0 aromatic carbocycles. The van der Waals surface area contributed by atoms with Crippen LogP contribution in [0.3, 0.4) is 0 Å². The zero-order valence-corrected chi connectivity index (χ0v) is 17.1. The summed E-state index contributed by atoms with van der Waals surface area (Å²) >= 11 is 1.51. The number of nitrogens with zero attached hydrogens (tertiary/aromatic N) is 2. The first-order valence-corrected chi connectivity index (χ1v) is 9.80. The van der Waals surface area contributed by atoms with Crippen molar-refractivity contribution in [2.24, 2.45) is 4.99 Å². The Morgan fingerprint density at radius 3 is 2.48 bits per heavy atom. The lowest BCUT2D eigenvalue weighted by Gasteiger charge is -2.10. The summed E-state index contributed by atoms with van der Waals surface area (Å²) in [6.45, 7) is 9.96. The molecule has 0 spiro atoms. The van der Waals surface area contributed by atoms with E-state index in [4.69, 9.17) is 4.74 Å². The Bertz CT molecular complexity index is 817. The number of hydrogen-bond donors (Lipinski definition) is 0. The third-order valence-electron chi connectivity index (χ3n) is 3.27. The van der Waals surface area contributed by atoms with Crippen molar-refractivity contribution in [2.45, 2.75) is 47.5 Å². The molecule has 0 amide bonds. The van der Waals surface area contributed by atoms with Gasteiger partial charge in [0.15, 0.2) is 11.6 Å². The molecule has 1 aromatic heterocycles. The summed E-state index contributed by atoms with van der Waals surface area (Å²) in [6, 6.07) is 1.94. The second kappa shape index (κ2) is 11.2. The topological polar surface area (TPSA) is 64.7 Å². The third-order valence-corrected chi connectivity index (χ3v) is 4.32. The Hall–Kier alpha value is -2.54. The SMILES string of the molecule is CC.CC.Cc1cc2c(s1)C(OC1=CCC=C([N+](=O)[O-])C=C1F)=CCC=N2. The van der Waals surface area contributed by atoms with Crippen molar-refractivity contribution in [2.75, 3.05) is 0 Å². The molecular weight excluding hydrogens is 367 g/mol. The number of aryl methyl sites for hydroxylation is 1. The highest BCUT2D eigenvalue weighted by atomic mass is 32.1. The minimum atomic E-state index is -0.758. The average molecular weight is 392 g/mol. The third kappa shape index (κ3) is 5.99. The van der Waals surface area contributed by atoms with Crippen LogP contribution in [0.4, 0.5) is 10.1 Å². The van der Waals surface area contributed by atoms with Gasteiger partial charge in [-0.05, 0) is 37.6 Å². The van der Waals surface area contributed by atoms with Crippen LogP contribution in [0.2, 0.25) is 0 Å². The van der Waals surface area contributed by atoms with E-state index in [-0.39, 0.29) is 17.9 Å². The summed E-state index contributed by atoms with van der Waals surface area (Å²) in [5.74, 6) is -0.246. The van der Waals surface area contributed by atoms with Gasteiger partial charge in [-0.1, -0.05) is 27.7 Å². The van der Waals surface area contributed by atoms with Crippen molar-refractivity contribution in [3.8, 4) is 0 Å². The Morgan fingerprint density at radius 2 is 1.81 bits per heavy atom. The summed E-state index contributed by atoms with van der Waals surface area (Å²) in [5, 5.41) is 10.8. The maximum absolute atomic E-state index is 14.2. The lowest BCUT2D eigenvalue weighted by Crippen LogP contribution is -1.96. The van der Waals surface area contributed by atoms with Crippen molar-refractivity contribution < 1.29 is 14.1 Å². The Labute approximate surface area is 163 Å². The van der Waals surface area contributed by atoms with Crippen molar-refractivity contribution in [1.82, 2.24) is 0 Å². The molecule has 1 aromatic rings. The van der Waals surface area contributed by atoms with Crippen LogP contribution in [0, 0.1) is 17.0 Å². The van der Waals surface area contributed by atoms with Crippen molar-refractivity contribution in [3.63, 3.8) is 0 Å². The standard InChI is InChI=1S/C16H13FN2O3S.2C2H6/c1-10-8-13-16(23-10)15(6-3-7-18-13)22-14-5-2-4-11(19(20)21)9-12(14)17;2*1-2/h4-9H,2-3H2,1H3;2*1-2H3. The largest absolute Gasteiger partial charge is 0.453 e. The molecule has 0 unspecified atom stereocenters. The summed E-state index contributed by atoms with van der Waals surface area (Å²) in [6.07, 6.45) is 8.12. The number of thiophene rings is 1. The highest BCUT2D eigenvalue weighted by Gasteiger charge is 2.20. The second-order valence-corrected chi connectivity index (χ2v) is 6.23. The summed E-state index contributed by atoms with van der Waals surface area (Å²) in [4.78, 5) is 16.4. The van der Waals surface area contributed by atoms with Gasteiger partial charge < -0.3 is 4.74 Å². The van der Waals surface area contributed by atoms with E-state index in [0.717, 1.165) is 21.5 Å². The van der Waals surface area contributed by atoms with E-state index in [1.807, 2.05) is 46.8 Å². The van der Waals surface area contributed by atoms with Gasteiger partial charge in [0.1, 0.15) is 5.76 Å².